The molecule has 2 aliphatic rings. The Labute approximate surface area is 219 Å². The first-order valence-corrected chi connectivity index (χ1v) is 11.7. The quantitative estimate of drug-likeness (QED) is 0.112. The van der Waals surface area contributed by atoms with Crippen LogP contribution in [0.4, 0.5) is 0 Å². The first kappa shape index (κ1) is 32.0. The molecule has 0 bridgehead atoms. The van der Waals surface area contributed by atoms with E-state index in [0.29, 0.717) is 6.08 Å². The summed E-state index contributed by atoms with van der Waals surface area (Å²) in [7, 11) is -10.3. The van der Waals surface area contributed by atoms with Gasteiger partial charge in [0.1, 0.15) is 42.2 Å². The number of amides is 1. The normalized spacial score (nSPS) is 33.6. The van der Waals surface area contributed by atoms with E-state index in [1.807, 2.05) is 0 Å². The standard InChI is InChI=1S/C14H21NO17S2.Na/c1-4(16)15-8-11(9(18)7(29-13(8)21)3-28-33(22,23)24)31-14-10(32-34(25,26)27)5(17)2-6(30-14)12(19)20;/h2,5,7-11,13-14,17-18,21H,3H2,1H3,(H,15,16)(H,19,20)(H,22,23,24)(H,25,26,27);/q;+1/p-1/t5?,7-,8-,9+,10?,11-,13?,14?;/m1./s1. The number of aliphatic carboxylic acids is 1. The summed E-state index contributed by atoms with van der Waals surface area (Å²) >= 11 is 0. The van der Waals surface area contributed by atoms with Crippen molar-refractivity contribution in [1.82, 2.24) is 5.32 Å². The van der Waals surface area contributed by atoms with E-state index in [1.165, 1.54) is 0 Å². The van der Waals surface area contributed by atoms with E-state index in [9.17, 15) is 46.9 Å². The van der Waals surface area contributed by atoms with Gasteiger partial charge in [0.25, 0.3) is 0 Å². The number of carbonyl (C=O) groups is 2. The maximum absolute atomic E-state index is 11.5. The minimum absolute atomic E-state index is 0. The molecule has 0 aliphatic carbocycles. The molecule has 18 nitrogen and oxygen atoms in total. The SMILES string of the molecule is CC(=O)N[C@H]1C(O)O[C@H](COS(=O)(=O)O)[C@H](O)[C@@H]1OC1OC(C(=O)[O-])=CC(O)C1OS(=O)(=O)O.[Na+]. The largest absolute Gasteiger partial charge is 1.00 e. The van der Waals surface area contributed by atoms with Gasteiger partial charge in [0, 0.05) is 6.92 Å². The summed E-state index contributed by atoms with van der Waals surface area (Å²) in [5, 5.41) is 44.1. The average molecular weight is 561 g/mol. The Hall–Kier alpha value is -0.980. The van der Waals surface area contributed by atoms with Crippen molar-refractivity contribution < 1.29 is 108 Å². The van der Waals surface area contributed by atoms with Crippen molar-refractivity contribution in [3.05, 3.63) is 11.8 Å². The fourth-order valence-corrected chi connectivity index (χ4v) is 3.83. The molecule has 1 amide bonds. The second kappa shape index (κ2) is 12.5. The number of carboxylic acids is 1. The fourth-order valence-electron chi connectivity index (χ4n) is 3.04. The van der Waals surface area contributed by atoms with E-state index in [2.05, 4.69) is 13.7 Å². The van der Waals surface area contributed by atoms with Gasteiger partial charge in [-0.05, 0) is 6.08 Å². The van der Waals surface area contributed by atoms with Crippen LogP contribution in [-0.4, -0.2) is 109 Å². The molecule has 8 atom stereocenters. The number of carbonyl (C=O) groups excluding carboxylic acids is 2. The third-order valence-electron chi connectivity index (χ3n) is 4.34. The third-order valence-corrected chi connectivity index (χ3v) is 5.24. The molecular formula is C14H20NNaO17S2. The number of nitrogens with one attached hydrogen (secondary N) is 1. The molecule has 0 spiro atoms. The van der Waals surface area contributed by atoms with Crippen molar-refractivity contribution in [2.45, 2.75) is 56.1 Å². The van der Waals surface area contributed by atoms with Gasteiger partial charge in [-0.3, -0.25) is 13.9 Å². The maximum Gasteiger partial charge on any atom is 1.00 e. The van der Waals surface area contributed by atoms with Gasteiger partial charge in [-0.25, -0.2) is 8.37 Å². The molecule has 4 unspecified atom stereocenters. The Bertz CT molecular complexity index is 1020. The first-order valence-electron chi connectivity index (χ1n) is 8.98. The van der Waals surface area contributed by atoms with Crippen LogP contribution in [0.5, 0.6) is 0 Å². The summed E-state index contributed by atoms with van der Waals surface area (Å²) in [6.07, 6.45) is -13.8. The van der Waals surface area contributed by atoms with E-state index < -0.39 is 94.2 Å². The summed E-state index contributed by atoms with van der Waals surface area (Å²) in [6, 6.07) is -1.68. The zero-order chi connectivity index (χ0) is 26.0. The predicted molar refractivity (Wildman–Crippen MR) is 97.3 cm³/mol. The second-order valence-corrected chi connectivity index (χ2v) is 9.02. The number of hydrogen-bond donors (Lipinski definition) is 6. The van der Waals surface area contributed by atoms with Crippen molar-refractivity contribution in [2.75, 3.05) is 6.61 Å². The van der Waals surface area contributed by atoms with Gasteiger partial charge in [0.05, 0.1) is 6.61 Å². The molecular weight excluding hydrogens is 541 g/mol. The van der Waals surface area contributed by atoms with Gasteiger partial charge >= 0.3 is 50.4 Å². The van der Waals surface area contributed by atoms with Crippen molar-refractivity contribution in [2.24, 2.45) is 0 Å². The van der Waals surface area contributed by atoms with Crippen molar-refractivity contribution >= 4 is 32.7 Å². The minimum atomic E-state index is -5.29. The molecule has 21 heteroatoms. The number of rotatable bonds is 9. The molecule has 0 radical (unpaired) electrons. The predicted octanol–water partition coefficient (Wildman–Crippen LogP) is -8.68. The monoisotopic (exact) mass is 561 g/mol. The smallest absolute Gasteiger partial charge is 0.542 e. The van der Waals surface area contributed by atoms with Gasteiger partial charge < -0.3 is 44.7 Å². The van der Waals surface area contributed by atoms with E-state index >= 15 is 0 Å². The number of carboxylic acid groups (broad SMARTS) is 1. The molecule has 1 fully saturated rings. The van der Waals surface area contributed by atoms with Gasteiger partial charge in [0.2, 0.25) is 12.2 Å². The molecule has 0 aromatic carbocycles. The molecule has 0 aromatic heterocycles. The van der Waals surface area contributed by atoms with Crippen molar-refractivity contribution in [3.63, 3.8) is 0 Å². The number of aliphatic hydroxyl groups is 3. The summed E-state index contributed by atoms with van der Waals surface area (Å²) in [6.45, 7) is -0.112. The number of ether oxygens (including phenoxy) is 3. The summed E-state index contributed by atoms with van der Waals surface area (Å²) in [5.74, 6) is -3.88. The van der Waals surface area contributed by atoms with Gasteiger partial charge in [-0.2, -0.15) is 16.8 Å². The van der Waals surface area contributed by atoms with Crippen LogP contribution in [0.1, 0.15) is 6.92 Å². The number of hydrogen-bond acceptors (Lipinski definition) is 15. The molecule has 196 valence electrons. The molecule has 2 heterocycles. The van der Waals surface area contributed by atoms with Crippen LogP contribution in [0.3, 0.4) is 0 Å². The van der Waals surface area contributed by atoms with Crippen LogP contribution in [-0.2, 0) is 53.0 Å². The summed E-state index contributed by atoms with van der Waals surface area (Å²) in [4.78, 5) is 22.7. The zero-order valence-corrected chi connectivity index (χ0v) is 21.5. The van der Waals surface area contributed by atoms with Crippen LogP contribution in [0.25, 0.3) is 0 Å². The van der Waals surface area contributed by atoms with Crippen LogP contribution in [0.15, 0.2) is 11.8 Å². The molecule has 6 N–H and O–H groups in total. The summed E-state index contributed by atoms with van der Waals surface area (Å²) in [5.41, 5.74) is 0. The second-order valence-electron chi connectivity index (χ2n) is 6.88. The van der Waals surface area contributed by atoms with Crippen LogP contribution in [0, 0.1) is 0 Å². The fraction of sp³-hybridized carbons (Fsp3) is 0.714. The summed E-state index contributed by atoms with van der Waals surface area (Å²) < 4.78 is 85.0. The molecule has 0 saturated carbocycles. The van der Waals surface area contributed by atoms with Gasteiger partial charge in [0.15, 0.2) is 12.4 Å². The molecule has 2 aliphatic heterocycles. The molecule has 1 saturated heterocycles. The Kier molecular flexibility index (Phi) is 11.5. The Morgan fingerprint density at radius 3 is 2.20 bits per heavy atom. The van der Waals surface area contributed by atoms with E-state index in [4.69, 9.17) is 23.3 Å². The molecule has 2 rings (SSSR count). The average Bonchev–Trinajstić information content (AvgIpc) is 2.66. The first-order chi connectivity index (χ1) is 15.5. The molecule has 0 aromatic rings. The third kappa shape index (κ3) is 9.44. The van der Waals surface area contributed by atoms with Crippen LogP contribution < -0.4 is 40.0 Å². The zero-order valence-electron chi connectivity index (χ0n) is 17.9. The maximum atomic E-state index is 11.5. The van der Waals surface area contributed by atoms with E-state index in [0.717, 1.165) is 6.92 Å². The van der Waals surface area contributed by atoms with Crippen LogP contribution in [0.2, 0.25) is 0 Å². The Morgan fingerprint density at radius 1 is 1.11 bits per heavy atom. The Balaban J connectivity index is 0.00000612. The van der Waals surface area contributed by atoms with Crippen molar-refractivity contribution in [1.29, 1.82) is 0 Å². The van der Waals surface area contributed by atoms with Gasteiger partial charge in [-0.15, -0.1) is 0 Å². The number of aliphatic hydroxyl groups excluding tert-OH is 3. The topological polar surface area (TPSA) is 285 Å². The van der Waals surface area contributed by atoms with E-state index in [-0.39, 0.29) is 29.6 Å². The minimum Gasteiger partial charge on any atom is -0.542 e. The van der Waals surface area contributed by atoms with Crippen molar-refractivity contribution in [3.8, 4) is 0 Å². The Morgan fingerprint density at radius 2 is 1.71 bits per heavy atom. The van der Waals surface area contributed by atoms with E-state index in [1.54, 1.807) is 0 Å². The van der Waals surface area contributed by atoms with Gasteiger partial charge in [-0.1, -0.05) is 0 Å². The molecule has 35 heavy (non-hydrogen) atoms. The van der Waals surface area contributed by atoms with Crippen LogP contribution >= 0.6 is 0 Å².